The van der Waals surface area contributed by atoms with Crippen molar-refractivity contribution in [1.29, 1.82) is 0 Å². The lowest BCUT2D eigenvalue weighted by molar-refractivity contribution is 0.0949. The van der Waals surface area contributed by atoms with Crippen molar-refractivity contribution >= 4 is 29.5 Å². The molecule has 0 saturated heterocycles. The summed E-state index contributed by atoms with van der Waals surface area (Å²) in [6, 6.07) is 4.22. The van der Waals surface area contributed by atoms with E-state index in [4.69, 9.17) is 0 Å². The van der Waals surface area contributed by atoms with Gasteiger partial charge in [-0.05, 0) is 39.3 Å². The monoisotopic (exact) mass is 261 g/mol. The molecule has 0 aliphatic carbocycles. The minimum absolute atomic E-state index is 0. The molecule has 0 saturated carbocycles. The van der Waals surface area contributed by atoms with Gasteiger partial charge in [-0.15, -0.1) is 23.7 Å². The van der Waals surface area contributed by atoms with Crippen LogP contribution in [0.5, 0.6) is 0 Å². The number of aryl methyl sites for hydroxylation is 1. The number of Topliss-reactive ketones (excluding diaryl/α,β-unsaturated/α-hetero) is 1. The molecule has 0 aliphatic heterocycles. The zero-order valence-corrected chi connectivity index (χ0v) is 11.9. The molecule has 4 heteroatoms. The first-order chi connectivity index (χ1) is 7.04. The maximum Gasteiger partial charge on any atom is 0.189 e. The van der Waals surface area contributed by atoms with Gasteiger partial charge in [0.1, 0.15) is 0 Å². The van der Waals surface area contributed by atoms with Crippen molar-refractivity contribution in [3.8, 4) is 0 Å². The molecule has 0 amide bonds. The van der Waals surface area contributed by atoms with Crippen molar-refractivity contribution in [3.63, 3.8) is 0 Å². The molecule has 2 unspecified atom stereocenters. The molecule has 16 heavy (non-hydrogen) atoms. The maximum absolute atomic E-state index is 12.0. The number of hydrogen-bond acceptors (Lipinski definition) is 3. The van der Waals surface area contributed by atoms with E-state index < -0.39 is 0 Å². The van der Waals surface area contributed by atoms with Gasteiger partial charge in [0.05, 0.1) is 10.9 Å². The van der Waals surface area contributed by atoms with Gasteiger partial charge in [-0.25, -0.2) is 0 Å². The van der Waals surface area contributed by atoms with E-state index in [0.717, 1.165) is 11.3 Å². The number of hydrogen-bond donors (Lipinski definition) is 1. The predicted molar refractivity (Wildman–Crippen MR) is 73.0 cm³/mol. The Morgan fingerprint density at radius 2 is 2.06 bits per heavy atom. The normalized spacial score (nSPS) is 14.0. The third-order valence-corrected chi connectivity index (χ3v) is 3.54. The van der Waals surface area contributed by atoms with Crippen molar-refractivity contribution in [1.82, 2.24) is 5.32 Å². The Kier molecular flexibility index (Phi) is 6.88. The number of rotatable bonds is 5. The molecule has 0 aromatic carbocycles. The van der Waals surface area contributed by atoms with Crippen LogP contribution in [0.1, 0.15) is 41.7 Å². The topological polar surface area (TPSA) is 29.1 Å². The average Bonchev–Trinajstić information content (AvgIpc) is 2.63. The van der Waals surface area contributed by atoms with Crippen molar-refractivity contribution < 1.29 is 4.79 Å². The number of halogens is 1. The summed E-state index contributed by atoms with van der Waals surface area (Å²) < 4.78 is 0. The van der Waals surface area contributed by atoms with Crippen LogP contribution in [0.4, 0.5) is 0 Å². The molecule has 92 valence electrons. The first-order valence-electron chi connectivity index (χ1n) is 5.41. The summed E-state index contributed by atoms with van der Waals surface area (Å²) in [4.78, 5) is 14.0. The summed E-state index contributed by atoms with van der Waals surface area (Å²) in [6.07, 6.45) is 1.04. The smallest absolute Gasteiger partial charge is 0.189 e. The van der Waals surface area contributed by atoms with Gasteiger partial charge in [0.15, 0.2) is 5.78 Å². The number of thiophene rings is 1. The van der Waals surface area contributed by atoms with E-state index in [2.05, 4.69) is 19.2 Å². The largest absolute Gasteiger partial charge is 0.305 e. The second-order valence-corrected chi connectivity index (χ2v) is 5.26. The molecule has 2 atom stereocenters. The van der Waals surface area contributed by atoms with Crippen LogP contribution in [-0.4, -0.2) is 17.9 Å². The maximum atomic E-state index is 12.0. The molecule has 0 bridgehead atoms. The summed E-state index contributed by atoms with van der Waals surface area (Å²) in [5.74, 6) is 0.202. The van der Waals surface area contributed by atoms with Crippen molar-refractivity contribution in [2.45, 2.75) is 46.2 Å². The molecule has 0 aliphatic rings. The van der Waals surface area contributed by atoms with Gasteiger partial charge in [-0.2, -0.15) is 0 Å². The van der Waals surface area contributed by atoms with Crippen LogP contribution in [0.3, 0.4) is 0 Å². The predicted octanol–water partition coefficient (Wildman–Crippen LogP) is 3.44. The van der Waals surface area contributed by atoms with E-state index in [1.165, 1.54) is 4.88 Å². The number of nitrogens with one attached hydrogen (secondary N) is 1. The fourth-order valence-electron chi connectivity index (χ4n) is 1.40. The summed E-state index contributed by atoms with van der Waals surface area (Å²) in [6.45, 7) is 8.17. The van der Waals surface area contributed by atoms with Gasteiger partial charge < -0.3 is 5.32 Å². The van der Waals surface area contributed by atoms with Crippen molar-refractivity contribution in [2.24, 2.45) is 0 Å². The SMILES string of the molecule is CCC(C)NC(C)C(=O)c1ccc(C)s1.Cl. The van der Waals surface area contributed by atoms with E-state index in [1.54, 1.807) is 11.3 Å². The third kappa shape index (κ3) is 4.24. The van der Waals surface area contributed by atoms with Crippen LogP contribution in [0.25, 0.3) is 0 Å². The van der Waals surface area contributed by atoms with Crippen LogP contribution in [-0.2, 0) is 0 Å². The fourth-order valence-corrected chi connectivity index (χ4v) is 2.30. The average molecular weight is 262 g/mol. The molecule has 0 spiro atoms. The lowest BCUT2D eigenvalue weighted by Gasteiger charge is -2.16. The molecule has 1 aromatic rings. The molecule has 1 heterocycles. The van der Waals surface area contributed by atoms with Crippen LogP contribution in [0.2, 0.25) is 0 Å². The first-order valence-corrected chi connectivity index (χ1v) is 6.23. The van der Waals surface area contributed by atoms with E-state index in [9.17, 15) is 4.79 Å². The molecule has 0 fully saturated rings. The number of carbonyl (C=O) groups excluding carboxylic acids is 1. The highest BCUT2D eigenvalue weighted by Gasteiger charge is 2.17. The second-order valence-electron chi connectivity index (χ2n) is 3.97. The zero-order chi connectivity index (χ0) is 11.4. The quantitative estimate of drug-likeness (QED) is 0.823. The third-order valence-electron chi connectivity index (χ3n) is 2.52. The number of ketones is 1. The minimum atomic E-state index is -0.0852. The van der Waals surface area contributed by atoms with Gasteiger partial charge in [-0.3, -0.25) is 4.79 Å². The highest BCUT2D eigenvalue weighted by atomic mass is 35.5. The van der Waals surface area contributed by atoms with Crippen LogP contribution < -0.4 is 5.32 Å². The Hall–Kier alpha value is -0.380. The lowest BCUT2D eigenvalue weighted by atomic mass is 10.1. The Morgan fingerprint density at radius 1 is 1.44 bits per heavy atom. The number of carbonyl (C=O) groups is 1. The highest BCUT2D eigenvalue weighted by Crippen LogP contribution is 2.17. The van der Waals surface area contributed by atoms with E-state index in [0.29, 0.717) is 6.04 Å². The zero-order valence-electron chi connectivity index (χ0n) is 10.2. The van der Waals surface area contributed by atoms with Crippen molar-refractivity contribution in [2.75, 3.05) is 0 Å². The molecule has 0 radical (unpaired) electrons. The summed E-state index contributed by atoms with van der Waals surface area (Å²) >= 11 is 1.57. The van der Waals surface area contributed by atoms with Gasteiger partial charge in [0.25, 0.3) is 0 Å². The van der Waals surface area contributed by atoms with Crippen molar-refractivity contribution in [3.05, 3.63) is 21.9 Å². The molecule has 1 N–H and O–H groups in total. The van der Waals surface area contributed by atoms with Crippen LogP contribution >= 0.6 is 23.7 Å². The molecular weight excluding hydrogens is 242 g/mol. The lowest BCUT2D eigenvalue weighted by Crippen LogP contribution is -2.39. The van der Waals surface area contributed by atoms with Crippen LogP contribution in [0.15, 0.2) is 12.1 Å². The standard InChI is InChI=1S/C12H19NOS.ClH/c1-5-8(2)13-10(4)12(14)11-7-6-9(3)15-11;/h6-8,10,13H,5H2,1-4H3;1H. The summed E-state index contributed by atoms with van der Waals surface area (Å²) in [5, 5.41) is 3.29. The first kappa shape index (κ1) is 15.6. The molecule has 2 nitrogen and oxygen atoms in total. The second kappa shape index (κ2) is 7.05. The van der Waals surface area contributed by atoms with E-state index in [-0.39, 0.29) is 24.2 Å². The van der Waals surface area contributed by atoms with Gasteiger partial charge in [0, 0.05) is 10.9 Å². The molecular formula is C12H20ClNOS. The van der Waals surface area contributed by atoms with Gasteiger partial charge in [-0.1, -0.05) is 6.92 Å². The fraction of sp³-hybridized carbons (Fsp3) is 0.583. The van der Waals surface area contributed by atoms with Crippen LogP contribution in [0, 0.1) is 6.92 Å². The Labute approximate surface area is 108 Å². The van der Waals surface area contributed by atoms with Gasteiger partial charge in [0.2, 0.25) is 0 Å². The van der Waals surface area contributed by atoms with E-state index in [1.807, 2.05) is 26.0 Å². The molecule has 1 aromatic heterocycles. The van der Waals surface area contributed by atoms with E-state index >= 15 is 0 Å². The highest BCUT2D eigenvalue weighted by molar-refractivity contribution is 7.14. The summed E-state index contributed by atoms with van der Waals surface area (Å²) in [7, 11) is 0. The summed E-state index contributed by atoms with van der Waals surface area (Å²) in [5.41, 5.74) is 0. The molecule has 1 rings (SSSR count). The Morgan fingerprint density at radius 3 is 2.50 bits per heavy atom. The Bertz CT molecular complexity index is 338. The minimum Gasteiger partial charge on any atom is -0.305 e. The Balaban J connectivity index is 0.00000225. The van der Waals surface area contributed by atoms with Gasteiger partial charge >= 0.3 is 0 Å².